The fourth-order valence-electron chi connectivity index (χ4n) is 5.48. The summed E-state index contributed by atoms with van der Waals surface area (Å²) in [6.07, 6.45) is 1.39. The van der Waals surface area contributed by atoms with E-state index in [2.05, 4.69) is 0 Å². The van der Waals surface area contributed by atoms with Gasteiger partial charge in [0, 0.05) is 19.5 Å². The van der Waals surface area contributed by atoms with Crippen molar-refractivity contribution in [3.63, 3.8) is 0 Å². The highest BCUT2D eigenvalue weighted by molar-refractivity contribution is 5.92. The van der Waals surface area contributed by atoms with Gasteiger partial charge in [-0.25, -0.2) is 9.59 Å². The number of carboxylic acid groups (broad SMARTS) is 1. The Morgan fingerprint density at radius 3 is 2.24 bits per heavy atom. The largest absolute Gasteiger partial charge is 0.493 e. The van der Waals surface area contributed by atoms with Crippen molar-refractivity contribution in [3.05, 3.63) is 53.6 Å². The molecule has 1 N–H and O–H groups in total. The van der Waals surface area contributed by atoms with E-state index in [1.807, 2.05) is 30.3 Å². The van der Waals surface area contributed by atoms with Gasteiger partial charge in [0.05, 0.1) is 21.3 Å². The standard InChI is InChI=1S/C28H34N2O8/c1-35-22-15-20(16-23(36-2)24(22)37-3)17-28(26(32)33)12-8-14-30(28)25(31)21-11-7-13-29(21)27(34)38-18-19-9-5-4-6-10-19/h4-6,9-10,15-16,21H,7-8,11-14,17-18H2,1-3H3,(H,32,33)/t21-,28?/m0/s1. The lowest BCUT2D eigenvalue weighted by Gasteiger charge is -2.38. The third-order valence-corrected chi connectivity index (χ3v) is 7.35. The van der Waals surface area contributed by atoms with E-state index in [-0.39, 0.29) is 25.4 Å². The van der Waals surface area contributed by atoms with Crippen molar-refractivity contribution in [1.29, 1.82) is 0 Å². The number of hydrogen-bond donors (Lipinski definition) is 1. The SMILES string of the molecule is COc1cc(CC2(C(=O)O)CCCN2C(=O)[C@@H]2CCCN2C(=O)OCc2ccccc2)cc(OC)c1OC. The predicted octanol–water partition coefficient (Wildman–Crippen LogP) is 3.50. The Kier molecular flexibility index (Phi) is 8.29. The molecule has 10 heteroatoms. The van der Waals surface area contributed by atoms with Crippen molar-refractivity contribution in [3.8, 4) is 17.2 Å². The minimum Gasteiger partial charge on any atom is -0.493 e. The van der Waals surface area contributed by atoms with Gasteiger partial charge >= 0.3 is 12.1 Å². The lowest BCUT2D eigenvalue weighted by molar-refractivity contribution is -0.158. The fraction of sp³-hybridized carbons (Fsp3) is 0.464. The van der Waals surface area contributed by atoms with Crippen molar-refractivity contribution < 1.29 is 38.4 Å². The molecule has 0 aromatic heterocycles. The predicted molar refractivity (Wildman–Crippen MR) is 137 cm³/mol. The average molecular weight is 527 g/mol. The van der Waals surface area contributed by atoms with Crippen molar-refractivity contribution in [2.75, 3.05) is 34.4 Å². The Balaban J connectivity index is 1.56. The second-order valence-electron chi connectivity index (χ2n) is 9.53. The molecule has 2 aliphatic rings. The third kappa shape index (κ3) is 5.20. The number of nitrogens with zero attached hydrogens (tertiary/aromatic N) is 2. The molecule has 2 fully saturated rings. The number of likely N-dealkylation sites (tertiary alicyclic amines) is 2. The number of carbonyl (C=O) groups is 3. The van der Waals surface area contributed by atoms with Gasteiger partial charge in [-0.3, -0.25) is 9.69 Å². The van der Waals surface area contributed by atoms with Gasteiger partial charge in [0.1, 0.15) is 18.2 Å². The highest BCUT2D eigenvalue weighted by atomic mass is 16.6. The zero-order valence-corrected chi connectivity index (χ0v) is 22.0. The molecule has 0 aliphatic carbocycles. The Bertz CT molecular complexity index is 1150. The lowest BCUT2D eigenvalue weighted by atomic mass is 9.87. The van der Waals surface area contributed by atoms with E-state index < -0.39 is 23.6 Å². The topological polar surface area (TPSA) is 115 Å². The van der Waals surface area contributed by atoms with Crippen LogP contribution in [0.1, 0.15) is 36.8 Å². The van der Waals surface area contributed by atoms with Gasteiger partial charge in [-0.2, -0.15) is 0 Å². The van der Waals surface area contributed by atoms with Crippen LogP contribution in [0.4, 0.5) is 4.79 Å². The first-order valence-electron chi connectivity index (χ1n) is 12.7. The van der Waals surface area contributed by atoms with E-state index in [4.69, 9.17) is 18.9 Å². The van der Waals surface area contributed by atoms with Crippen LogP contribution in [-0.4, -0.2) is 78.9 Å². The zero-order valence-electron chi connectivity index (χ0n) is 22.0. The van der Waals surface area contributed by atoms with Gasteiger partial charge in [0.15, 0.2) is 11.5 Å². The van der Waals surface area contributed by atoms with Crippen LogP contribution in [0.3, 0.4) is 0 Å². The lowest BCUT2D eigenvalue weighted by Crippen LogP contribution is -2.59. The molecule has 0 radical (unpaired) electrons. The molecule has 0 saturated carbocycles. The van der Waals surface area contributed by atoms with Crippen LogP contribution < -0.4 is 14.2 Å². The summed E-state index contributed by atoms with van der Waals surface area (Å²) in [7, 11) is 4.48. The molecule has 204 valence electrons. The zero-order chi connectivity index (χ0) is 27.3. The van der Waals surface area contributed by atoms with Crippen LogP contribution in [-0.2, 0) is 27.4 Å². The normalized spacial score (nSPS) is 20.8. The van der Waals surface area contributed by atoms with E-state index in [9.17, 15) is 19.5 Å². The maximum atomic E-state index is 13.8. The summed E-state index contributed by atoms with van der Waals surface area (Å²) in [6, 6.07) is 11.9. The summed E-state index contributed by atoms with van der Waals surface area (Å²) < 4.78 is 21.7. The highest BCUT2D eigenvalue weighted by Crippen LogP contribution is 2.41. The summed E-state index contributed by atoms with van der Waals surface area (Å²) >= 11 is 0. The van der Waals surface area contributed by atoms with E-state index in [0.29, 0.717) is 55.2 Å². The number of rotatable bonds is 9. The second kappa shape index (κ2) is 11.6. The van der Waals surface area contributed by atoms with Crippen molar-refractivity contribution in [2.24, 2.45) is 0 Å². The number of carbonyl (C=O) groups excluding carboxylic acids is 2. The van der Waals surface area contributed by atoms with Gasteiger partial charge in [-0.05, 0) is 48.9 Å². The molecule has 10 nitrogen and oxygen atoms in total. The molecular weight excluding hydrogens is 492 g/mol. The molecule has 1 unspecified atom stereocenters. The molecule has 0 bridgehead atoms. The number of benzene rings is 2. The van der Waals surface area contributed by atoms with E-state index in [1.165, 1.54) is 31.1 Å². The van der Waals surface area contributed by atoms with E-state index in [0.717, 1.165) is 5.56 Å². The van der Waals surface area contributed by atoms with Crippen LogP contribution in [0.5, 0.6) is 17.2 Å². The first-order chi connectivity index (χ1) is 18.3. The molecular formula is C28H34N2O8. The monoisotopic (exact) mass is 526 g/mol. The molecule has 2 aromatic carbocycles. The molecule has 4 rings (SSSR count). The van der Waals surface area contributed by atoms with Gasteiger partial charge < -0.3 is 29.0 Å². The van der Waals surface area contributed by atoms with Crippen LogP contribution in [0.25, 0.3) is 0 Å². The van der Waals surface area contributed by atoms with Crippen LogP contribution >= 0.6 is 0 Å². The molecule has 2 atom stereocenters. The van der Waals surface area contributed by atoms with Crippen LogP contribution in [0.2, 0.25) is 0 Å². The van der Waals surface area contributed by atoms with Crippen molar-refractivity contribution >= 4 is 18.0 Å². The number of aliphatic carboxylic acids is 1. The smallest absolute Gasteiger partial charge is 0.410 e. The molecule has 2 aliphatic heterocycles. The van der Waals surface area contributed by atoms with Gasteiger partial charge in [-0.15, -0.1) is 0 Å². The van der Waals surface area contributed by atoms with Crippen LogP contribution in [0, 0.1) is 0 Å². The molecule has 2 saturated heterocycles. The second-order valence-corrected chi connectivity index (χ2v) is 9.53. The number of carboxylic acids is 1. The molecule has 2 amide bonds. The van der Waals surface area contributed by atoms with E-state index >= 15 is 0 Å². The molecule has 38 heavy (non-hydrogen) atoms. The first-order valence-corrected chi connectivity index (χ1v) is 12.7. The Labute approximate surface area is 222 Å². The van der Waals surface area contributed by atoms with Crippen LogP contribution in [0.15, 0.2) is 42.5 Å². The summed E-state index contributed by atoms with van der Waals surface area (Å²) in [5.74, 6) is -0.249. The first kappa shape index (κ1) is 27.1. The average Bonchev–Trinajstić information content (AvgIpc) is 3.60. The number of methoxy groups -OCH3 is 3. The minimum atomic E-state index is -1.47. The van der Waals surface area contributed by atoms with Gasteiger partial charge in [0.25, 0.3) is 0 Å². The van der Waals surface area contributed by atoms with Crippen molar-refractivity contribution in [2.45, 2.75) is 50.3 Å². The number of ether oxygens (including phenoxy) is 4. The Morgan fingerprint density at radius 1 is 0.947 bits per heavy atom. The summed E-state index contributed by atoms with van der Waals surface area (Å²) in [4.78, 5) is 42.4. The summed E-state index contributed by atoms with van der Waals surface area (Å²) in [6.45, 7) is 0.769. The Morgan fingerprint density at radius 2 is 1.63 bits per heavy atom. The molecule has 0 spiro atoms. The van der Waals surface area contributed by atoms with Gasteiger partial charge in [-0.1, -0.05) is 30.3 Å². The maximum absolute atomic E-state index is 13.8. The third-order valence-electron chi connectivity index (χ3n) is 7.35. The minimum absolute atomic E-state index is 0.0515. The fourth-order valence-corrected chi connectivity index (χ4v) is 5.48. The molecule has 2 heterocycles. The van der Waals surface area contributed by atoms with Crippen molar-refractivity contribution in [1.82, 2.24) is 9.80 Å². The summed E-state index contributed by atoms with van der Waals surface area (Å²) in [5, 5.41) is 10.4. The van der Waals surface area contributed by atoms with E-state index in [1.54, 1.807) is 12.1 Å². The maximum Gasteiger partial charge on any atom is 0.410 e. The number of hydrogen-bond acceptors (Lipinski definition) is 7. The van der Waals surface area contributed by atoms with Gasteiger partial charge in [0.2, 0.25) is 11.7 Å². The number of amides is 2. The summed E-state index contributed by atoms with van der Waals surface area (Å²) in [5.41, 5.74) is 0.00836. The highest BCUT2D eigenvalue weighted by Gasteiger charge is 2.52. The Hall–Kier alpha value is -3.95. The molecule has 2 aromatic rings. The quantitative estimate of drug-likeness (QED) is 0.528.